The van der Waals surface area contributed by atoms with Crippen molar-refractivity contribution in [2.75, 3.05) is 6.54 Å². The van der Waals surface area contributed by atoms with Gasteiger partial charge in [-0.3, -0.25) is 4.79 Å². The van der Waals surface area contributed by atoms with Gasteiger partial charge in [0.1, 0.15) is 12.3 Å². The maximum absolute atomic E-state index is 13.5. The summed E-state index contributed by atoms with van der Waals surface area (Å²) < 4.78 is 0. The molecule has 2 N–H and O–H groups in total. The molecule has 3 rings (SSSR count). The Balaban J connectivity index is 1.76. The van der Waals surface area contributed by atoms with E-state index in [0.717, 1.165) is 38.4 Å². The van der Waals surface area contributed by atoms with E-state index < -0.39 is 17.5 Å². The van der Waals surface area contributed by atoms with Crippen LogP contribution in [0.25, 0.3) is 0 Å². The molecule has 1 aromatic carbocycles. The summed E-state index contributed by atoms with van der Waals surface area (Å²) in [4.78, 5) is 40.0. The van der Waals surface area contributed by atoms with Crippen LogP contribution in [-0.4, -0.2) is 47.3 Å². The number of urea groups is 1. The van der Waals surface area contributed by atoms with E-state index in [-0.39, 0.29) is 17.5 Å². The molecule has 3 amide bonds. The van der Waals surface area contributed by atoms with E-state index in [9.17, 15) is 14.4 Å². The number of carbonyl (C=O) groups excluding carboxylic acids is 3. The molecule has 0 radical (unpaired) electrons. The Hall–Kier alpha value is -2.81. The number of carbonyl (C=O) groups is 3. The average Bonchev–Trinajstić information content (AvgIpc) is 3.03. The van der Waals surface area contributed by atoms with Crippen LogP contribution in [0.3, 0.4) is 0 Å². The summed E-state index contributed by atoms with van der Waals surface area (Å²) in [6.45, 7) is 6.18. The highest BCUT2D eigenvalue weighted by atomic mass is 16.2. The van der Waals surface area contributed by atoms with Gasteiger partial charge in [0.25, 0.3) is 0 Å². The van der Waals surface area contributed by atoms with E-state index in [1.807, 2.05) is 39.0 Å². The van der Waals surface area contributed by atoms with Crippen LogP contribution in [0.1, 0.15) is 71.3 Å². The molecule has 2 aliphatic rings. The Morgan fingerprint density at radius 3 is 2.48 bits per heavy atom. The van der Waals surface area contributed by atoms with Crippen LogP contribution in [0.2, 0.25) is 0 Å². The zero-order chi connectivity index (χ0) is 23.9. The number of nitrogens with zero attached hydrogens (tertiary/aromatic N) is 1. The van der Waals surface area contributed by atoms with Crippen molar-refractivity contribution >= 4 is 18.2 Å². The Labute approximate surface area is 197 Å². The second-order valence-corrected chi connectivity index (χ2v) is 10.4. The standard InChI is InChI=1S/C27H37N3O3/c1-26(2,3)23(24(32)30-18-12-5-9-15-22(30)20-31)28-25(33)29-27(16-10-6-11-17-27)19-21-13-7-4-8-14-21/h4,7-8,13-14,20,22-23H,6,10-12,15-19H2,1-3H3,(H2,28,29,33). The van der Waals surface area contributed by atoms with E-state index in [1.54, 1.807) is 4.90 Å². The summed E-state index contributed by atoms with van der Waals surface area (Å²) in [6, 6.07) is 8.58. The molecule has 2 atom stereocenters. The average molecular weight is 452 g/mol. The quantitative estimate of drug-likeness (QED) is 0.510. The minimum Gasteiger partial charge on any atom is -0.332 e. The fourth-order valence-electron chi connectivity index (χ4n) is 4.90. The van der Waals surface area contributed by atoms with E-state index in [4.69, 9.17) is 0 Å². The molecular weight excluding hydrogens is 414 g/mol. The van der Waals surface area contributed by atoms with Crippen molar-refractivity contribution in [1.82, 2.24) is 15.5 Å². The highest BCUT2D eigenvalue weighted by Gasteiger charge is 2.40. The van der Waals surface area contributed by atoms with Gasteiger partial charge in [0, 0.05) is 24.9 Å². The zero-order valence-electron chi connectivity index (χ0n) is 20.2. The van der Waals surface area contributed by atoms with Gasteiger partial charge in [-0.15, -0.1) is 11.8 Å². The molecule has 0 spiro atoms. The minimum atomic E-state index is -0.754. The van der Waals surface area contributed by atoms with Crippen molar-refractivity contribution in [2.45, 2.75) is 89.8 Å². The Bertz CT molecular complexity index is 889. The molecule has 0 aromatic heterocycles. The topological polar surface area (TPSA) is 78.5 Å². The number of nitrogens with one attached hydrogen (secondary N) is 2. The van der Waals surface area contributed by atoms with Crippen molar-refractivity contribution in [3.63, 3.8) is 0 Å². The van der Waals surface area contributed by atoms with Gasteiger partial charge >= 0.3 is 6.03 Å². The van der Waals surface area contributed by atoms with Crippen molar-refractivity contribution in [3.05, 3.63) is 35.9 Å². The highest BCUT2D eigenvalue weighted by molar-refractivity contribution is 5.89. The number of benzene rings is 1. The Morgan fingerprint density at radius 1 is 1.15 bits per heavy atom. The molecule has 1 heterocycles. The first-order chi connectivity index (χ1) is 15.7. The summed E-state index contributed by atoms with van der Waals surface area (Å²) >= 11 is 0. The molecule has 178 valence electrons. The minimum absolute atomic E-state index is 0.235. The van der Waals surface area contributed by atoms with Crippen molar-refractivity contribution in [2.24, 2.45) is 5.41 Å². The monoisotopic (exact) mass is 451 g/mol. The van der Waals surface area contributed by atoms with Gasteiger partial charge in [-0.2, -0.15) is 0 Å². The molecule has 6 nitrogen and oxygen atoms in total. The lowest BCUT2D eigenvalue weighted by Gasteiger charge is -2.40. The van der Waals surface area contributed by atoms with Crippen LogP contribution in [-0.2, 0) is 16.0 Å². The molecule has 33 heavy (non-hydrogen) atoms. The summed E-state index contributed by atoms with van der Waals surface area (Å²) in [6.07, 6.45) is 7.57. The predicted molar refractivity (Wildman–Crippen MR) is 129 cm³/mol. The molecule has 1 aliphatic carbocycles. The zero-order valence-corrected chi connectivity index (χ0v) is 20.2. The number of hydrogen-bond acceptors (Lipinski definition) is 3. The maximum atomic E-state index is 13.5. The normalized spacial score (nSPS) is 21.1. The second kappa shape index (κ2) is 10.9. The summed E-state index contributed by atoms with van der Waals surface area (Å²) in [5.74, 6) is 5.72. The molecule has 1 aliphatic heterocycles. The summed E-state index contributed by atoms with van der Waals surface area (Å²) in [5, 5.41) is 6.24. The van der Waals surface area contributed by atoms with Gasteiger partial charge in [-0.25, -0.2) is 4.79 Å². The van der Waals surface area contributed by atoms with Crippen molar-refractivity contribution in [1.29, 1.82) is 0 Å². The van der Waals surface area contributed by atoms with Gasteiger partial charge < -0.3 is 20.3 Å². The molecule has 1 saturated carbocycles. The van der Waals surface area contributed by atoms with Crippen molar-refractivity contribution in [3.8, 4) is 11.8 Å². The predicted octanol–water partition coefficient (Wildman–Crippen LogP) is 3.84. The van der Waals surface area contributed by atoms with E-state index in [0.29, 0.717) is 19.4 Å². The lowest BCUT2D eigenvalue weighted by molar-refractivity contribution is -0.140. The van der Waals surface area contributed by atoms with Crippen LogP contribution in [0.4, 0.5) is 4.79 Å². The fraction of sp³-hybridized carbons (Fsp3) is 0.593. The third kappa shape index (κ3) is 6.60. The van der Waals surface area contributed by atoms with Gasteiger partial charge in [0.2, 0.25) is 5.91 Å². The van der Waals surface area contributed by atoms with E-state index in [2.05, 4.69) is 34.6 Å². The third-order valence-electron chi connectivity index (χ3n) is 6.72. The summed E-state index contributed by atoms with van der Waals surface area (Å²) in [5.41, 5.74) is 0.354. The first kappa shape index (κ1) is 24.8. The summed E-state index contributed by atoms with van der Waals surface area (Å²) in [7, 11) is 0. The highest BCUT2D eigenvalue weighted by Crippen LogP contribution is 2.32. The second-order valence-electron chi connectivity index (χ2n) is 10.4. The lowest BCUT2D eigenvalue weighted by Crippen LogP contribution is -2.62. The fourth-order valence-corrected chi connectivity index (χ4v) is 4.90. The third-order valence-corrected chi connectivity index (χ3v) is 6.72. The number of aldehydes is 1. The largest absolute Gasteiger partial charge is 0.332 e. The number of hydrogen-bond donors (Lipinski definition) is 2. The van der Waals surface area contributed by atoms with Gasteiger partial charge in [0.05, 0.1) is 6.04 Å². The maximum Gasteiger partial charge on any atom is 0.315 e. The Kier molecular flexibility index (Phi) is 8.18. The molecule has 2 unspecified atom stereocenters. The van der Waals surface area contributed by atoms with E-state index in [1.165, 1.54) is 12.0 Å². The van der Waals surface area contributed by atoms with Crippen LogP contribution < -0.4 is 10.6 Å². The molecule has 1 aromatic rings. The van der Waals surface area contributed by atoms with Crippen LogP contribution in [0.15, 0.2) is 30.3 Å². The van der Waals surface area contributed by atoms with Gasteiger partial charge in [0.15, 0.2) is 0 Å². The first-order valence-corrected chi connectivity index (χ1v) is 12.1. The number of amides is 3. The van der Waals surface area contributed by atoms with Gasteiger partial charge in [-0.05, 0) is 30.2 Å². The first-order valence-electron chi connectivity index (χ1n) is 12.1. The Morgan fingerprint density at radius 2 is 1.85 bits per heavy atom. The lowest BCUT2D eigenvalue weighted by atomic mass is 9.77. The SMILES string of the molecule is CC(C)(C)C(NC(=O)NC1(Cc2ccccc2)CCCCC1)C(=O)N1CCC#CCC1C=O. The van der Waals surface area contributed by atoms with E-state index >= 15 is 0 Å². The molecular formula is C27H37N3O3. The van der Waals surface area contributed by atoms with Crippen molar-refractivity contribution < 1.29 is 14.4 Å². The molecule has 0 saturated heterocycles. The molecule has 0 bridgehead atoms. The smallest absolute Gasteiger partial charge is 0.315 e. The number of rotatable bonds is 6. The molecule has 1 fully saturated rings. The van der Waals surface area contributed by atoms with Gasteiger partial charge in [-0.1, -0.05) is 70.4 Å². The molecule has 6 heteroatoms. The van der Waals surface area contributed by atoms with Crippen LogP contribution in [0, 0.1) is 17.3 Å². The van der Waals surface area contributed by atoms with Crippen LogP contribution in [0.5, 0.6) is 0 Å². The van der Waals surface area contributed by atoms with Crippen LogP contribution >= 0.6 is 0 Å².